The van der Waals surface area contributed by atoms with E-state index in [2.05, 4.69) is 14.1 Å². The summed E-state index contributed by atoms with van der Waals surface area (Å²) in [7, 11) is -4.61. The van der Waals surface area contributed by atoms with Crippen molar-refractivity contribution in [1.82, 2.24) is 0 Å². The monoisotopic (exact) mass is 275 g/mol. The van der Waals surface area contributed by atoms with Gasteiger partial charge in [0.25, 0.3) is 0 Å². The molecule has 1 rings (SSSR count). The Balaban J connectivity index is 2.87. The van der Waals surface area contributed by atoms with Crippen molar-refractivity contribution in [1.29, 1.82) is 0 Å². The number of aliphatic hydroxyl groups is 5. The third kappa shape index (κ3) is 3.09. The van der Waals surface area contributed by atoms with Crippen molar-refractivity contribution in [3.05, 3.63) is 0 Å². The average molecular weight is 275 g/mol. The number of ether oxygens (including phenoxy) is 1. The van der Waals surface area contributed by atoms with Crippen LogP contribution in [0.4, 0.5) is 0 Å². The molecule has 0 radical (unpaired) electrons. The molecule has 102 valence electrons. The number of aliphatic hydroxyl groups excluding tert-OH is 4. The second kappa shape index (κ2) is 4.72. The fraction of sp³-hybridized carbons (Fsp3) is 1.00. The zero-order valence-corrected chi connectivity index (χ0v) is 9.19. The molecule has 1 aliphatic heterocycles. The Morgan fingerprint density at radius 3 is 2.41 bits per heavy atom. The summed E-state index contributed by atoms with van der Waals surface area (Å²) in [6, 6.07) is 0. The fourth-order valence-electron chi connectivity index (χ4n) is 1.27. The molecule has 11 heteroatoms. The van der Waals surface area contributed by atoms with Crippen LogP contribution in [0.5, 0.6) is 0 Å². The molecule has 0 aromatic rings. The molecule has 5 atom stereocenters. The van der Waals surface area contributed by atoms with Crippen LogP contribution in [0.15, 0.2) is 0 Å². The van der Waals surface area contributed by atoms with Crippen molar-refractivity contribution < 1.29 is 42.9 Å². The Morgan fingerprint density at radius 2 is 1.94 bits per heavy atom. The van der Waals surface area contributed by atoms with Crippen LogP contribution < -0.4 is 5.14 Å². The van der Waals surface area contributed by atoms with E-state index in [4.69, 9.17) is 5.11 Å². The lowest BCUT2D eigenvalue weighted by Crippen LogP contribution is -2.66. The maximum Gasteiger partial charge on any atom is 0.335 e. The van der Waals surface area contributed by atoms with Crippen LogP contribution in [0.1, 0.15) is 0 Å². The molecule has 17 heavy (non-hydrogen) atoms. The van der Waals surface area contributed by atoms with E-state index in [1.54, 1.807) is 0 Å². The molecule has 1 aliphatic rings. The van der Waals surface area contributed by atoms with Crippen LogP contribution in [-0.4, -0.2) is 70.9 Å². The molecule has 7 N–H and O–H groups in total. The van der Waals surface area contributed by atoms with Crippen LogP contribution in [0, 0.1) is 0 Å². The highest BCUT2D eigenvalue weighted by atomic mass is 32.2. The molecule has 0 spiro atoms. The van der Waals surface area contributed by atoms with E-state index in [0.717, 1.165) is 0 Å². The summed E-state index contributed by atoms with van der Waals surface area (Å²) in [6.07, 6.45) is -8.11. The highest BCUT2D eigenvalue weighted by molar-refractivity contribution is 7.84. The van der Waals surface area contributed by atoms with Crippen LogP contribution in [0.3, 0.4) is 0 Å². The summed E-state index contributed by atoms with van der Waals surface area (Å²) >= 11 is 0. The van der Waals surface area contributed by atoms with Crippen molar-refractivity contribution in [2.24, 2.45) is 5.14 Å². The molecular weight excluding hydrogens is 262 g/mol. The second-order valence-electron chi connectivity index (χ2n) is 3.51. The molecule has 0 aromatic heterocycles. The maximum atomic E-state index is 10.5. The topological polar surface area (TPSA) is 180 Å². The minimum absolute atomic E-state index is 0.653. The molecule has 1 fully saturated rings. The zero-order valence-electron chi connectivity index (χ0n) is 8.37. The van der Waals surface area contributed by atoms with Crippen LogP contribution in [0.25, 0.3) is 0 Å². The summed E-state index contributed by atoms with van der Waals surface area (Å²) in [6.45, 7) is -0.653. The molecule has 0 aliphatic carbocycles. The smallest absolute Gasteiger partial charge is 0.335 e. The first-order chi connectivity index (χ1) is 7.58. The number of nitrogens with two attached hydrogens (primary N) is 1. The van der Waals surface area contributed by atoms with Gasteiger partial charge >= 0.3 is 10.3 Å². The quantitative estimate of drug-likeness (QED) is 0.276. The number of hydrogen-bond donors (Lipinski definition) is 6. The van der Waals surface area contributed by atoms with Gasteiger partial charge in [-0.1, -0.05) is 0 Å². The standard InChI is InChI=1S/C6H13NO9S/c7-17(13,14)16-5(11)6(12)4(10)3(9)2(8)1-15-6/h2-5,8-12H,1H2,(H2,7,13,14)/t2-,3-,4+,5?,6+/m1/s1. The first kappa shape index (κ1) is 14.7. The highest BCUT2D eigenvalue weighted by Gasteiger charge is 2.54. The van der Waals surface area contributed by atoms with Gasteiger partial charge in [0, 0.05) is 0 Å². The first-order valence-electron chi connectivity index (χ1n) is 4.37. The SMILES string of the molecule is NS(=O)(=O)OC(O)[C@@]1(O)OC[C@@H](O)[C@@H](O)[C@@H]1O. The third-order valence-electron chi connectivity index (χ3n) is 2.21. The van der Waals surface area contributed by atoms with E-state index in [1.165, 1.54) is 0 Å². The van der Waals surface area contributed by atoms with Crippen LogP contribution >= 0.6 is 0 Å². The summed E-state index contributed by atoms with van der Waals surface area (Å²) < 4.78 is 29.3. The normalized spacial score (nSPS) is 41.2. The Morgan fingerprint density at radius 1 is 1.41 bits per heavy atom. The predicted molar refractivity (Wildman–Crippen MR) is 49.1 cm³/mol. The van der Waals surface area contributed by atoms with Gasteiger partial charge in [-0.25, -0.2) is 9.32 Å². The van der Waals surface area contributed by atoms with Gasteiger partial charge in [-0.05, 0) is 0 Å². The molecule has 0 aromatic carbocycles. The molecule has 0 amide bonds. The molecule has 0 bridgehead atoms. The third-order valence-corrected chi connectivity index (χ3v) is 2.66. The lowest BCUT2D eigenvalue weighted by Gasteiger charge is -2.42. The fourth-order valence-corrected chi connectivity index (χ4v) is 1.66. The minimum Gasteiger partial charge on any atom is -0.388 e. The number of rotatable bonds is 3. The Kier molecular flexibility index (Phi) is 4.08. The summed E-state index contributed by atoms with van der Waals surface area (Å²) in [5.74, 6) is -2.93. The Bertz CT molecular complexity index is 372. The van der Waals surface area contributed by atoms with Gasteiger partial charge in [0.1, 0.15) is 18.3 Å². The molecule has 1 saturated heterocycles. The summed E-state index contributed by atoms with van der Waals surface area (Å²) in [4.78, 5) is 0. The van der Waals surface area contributed by atoms with E-state index in [1.807, 2.05) is 0 Å². The number of hydrogen-bond acceptors (Lipinski definition) is 9. The van der Waals surface area contributed by atoms with E-state index in [9.17, 15) is 28.8 Å². The van der Waals surface area contributed by atoms with Gasteiger partial charge in [-0.2, -0.15) is 8.42 Å². The summed E-state index contributed by atoms with van der Waals surface area (Å²) in [5, 5.41) is 51.0. The van der Waals surface area contributed by atoms with E-state index < -0.39 is 47.3 Å². The molecule has 1 unspecified atom stereocenters. The average Bonchev–Trinajstić information content (AvgIpc) is 2.18. The van der Waals surface area contributed by atoms with Gasteiger partial charge < -0.3 is 30.3 Å². The first-order valence-corrected chi connectivity index (χ1v) is 5.84. The molecule has 0 saturated carbocycles. The second-order valence-corrected chi connectivity index (χ2v) is 4.69. The van der Waals surface area contributed by atoms with Crippen LogP contribution in [0.2, 0.25) is 0 Å². The van der Waals surface area contributed by atoms with Gasteiger partial charge in [-0.15, -0.1) is 0 Å². The van der Waals surface area contributed by atoms with Crippen molar-refractivity contribution in [2.45, 2.75) is 30.4 Å². The molecular formula is C6H13NO9S. The zero-order chi connectivity index (χ0) is 13.4. The lowest BCUT2D eigenvalue weighted by atomic mass is 9.96. The van der Waals surface area contributed by atoms with Gasteiger partial charge in [-0.3, -0.25) is 0 Å². The summed E-state index contributed by atoms with van der Waals surface area (Å²) in [5.41, 5.74) is 0. The van der Waals surface area contributed by atoms with Gasteiger partial charge in [0.05, 0.1) is 6.61 Å². The maximum absolute atomic E-state index is 10.5. The van der Waals surface area contributed by atoms with Crippen molar-refractivity contribution in [3.8, 4) is 0 Å². The van der Waals surface area contributed by atoms with E-state index in [0.29, 0.717) is 0 Å². The largest absolute Gasteiger partial charge is 0.388 e. The lowest BCUT2D eigenvalue weighted by molar-refractivity contribution is -0.378. The van der Waals surface area contributed by atoms with Gasteiger partial charge in [0.15, 0.2) is 0 Å². The van der Waals surface area contributed by atoms with Crippen molar-refractivity contribution >= 4 is 10.3 Å². The Labute approximate surface area is 96.1 Å². The van der Waals surface area contributed by atoms with E-state index in [-0.39, 0.29) is 0 Å². The van der Waals surface area contributed by atoms with E-state index >= 15 is 0 Å². The van der Waals surface area contributed by atoms with Crippen LogP contribution in [-0.2, 0) is 19.2 Å². The Hall–Kier alpha value is -0.370. The van der Waals surface area contributed by atoms with Gasteiger partial charge in [0.2, 0.25) is 12.1 Å². The molecule has 1 heterocycles. The van der Waals surface area contributed by atoms with Crippen molar-refractivity contribution in [3.63, 3.8) is 0 Å². The minimum atomic E-state index is -4.61. The van der Waals surface area contributed by atoms with Crippen molar-refractivity contribution in [2.75, 3.05) is 6.61 Å². The highest BCUT2D eigenvalue weighted by Crippen LogP contribution is 2.28. The predicted octanol–water partition coefficient (Wildman–Crippen LogP) is -4.67. The molecule has 10 nitrogen and oxygen atoms in total.